The number of hydrogen-bond donors (Lipinski definition) is 1. The highest BCUT2D eigenvalue weighted by atomic mass is 32.2. The molecule has 0 aliphatic rings. The van der Waals surface area contributed by atoms with E-state index >= 15 is 0 Å². The minimum absolute atomic E-state index is 0.214. The Balaban J connectivity index is 2.55. The molecule has 0 aliphatic heterocycles. The van der Waals surface area contributed by atoms with Gasteiger partial charge >= 0.3 is 0 Å². The van der Waals surface area contributed by atoms with Crippen LogP contribution in [0, 0.1) is 17.0 Å². The van der Waals surface area contributed by atoms with E-state index in [0.29, 0.717) is 12.1 Å². The van der Waals surface area contributed by atoms with E-state index in [1.165, 1.54) is 19.2 Å². The number of aryl methyl sites for hydroxylation is 2. The summed E-state index contributed by atoms with van der Waals surface area (Å²) < 4.78 is 32.8. The second-order valence-corrected chi connectivity index (χ2v) is 6.81. The van der Waals surface area contributed by atoms with Gasteiger partial charge in [-0.05, 0) is 36.6 Å². The summed E-state index contributed by atoms with van der Waals surface area (Å²) in [6.07, 6.45) is 0.629. The van der Waals surface area contributed by atoms with Crippen molar-refractivity contribution in [3.63, 3.8) is 0 Å². The fraction of sp³-hybridized carbons (Fsp3) is 0.250. The van der Waals surface area contributed by atoms with Gasteiger partial charge < -0.3 is 4.74 Å². The lowest BCUT2D eigenvalue weighted by molar-refractivity contribution is -0.387. The number of ether oxygens (including phenoxy) is 1. The number of sulfonamides is 1. The minimum Gasteiger partial charge on any atom is -0.497 e. The van der Waals surface area contributed by atoms with Crippen LogP contribution in [-0.4, -0.2) is 20.5 Å². The van der Waals surface area contributed by atoms with Crippen molar-refractivity contribution in [3.05, 3.63) is 57.6 Å². The van der Waals surface area contributed by atoms with Crippen LogP contribution in [-0.2, 0) is 16.4 Å². The molecular weight excluding hydrogens is 332 g/mol. The summed E-state index contributed by atoms with van der Waals surface area (Å²) in [7, 11) is -2.76. The summed E-state index contributed by atoms with van der Waals surface area (Å²) in [4.78, 5) is 10.1. The van der Waals surface area contributed by atoms with Gasteiger partial charge in [0.15, 0.2) is 4.90 Å². The zero-order chi connectivity index (χ0) is 17.9. The molecule has 0 heterocycles. The molecule has 0 atom stereocenters. The van der Waals surface area contributed by atoms with Crippen molar-refractivity contribution in [2.24, 2.45) is 0 Å². The Hall–Kier alpha value is -2.61. The number of rotatable bonds is 6. The number of nitrogens with zero attached hydrogens (tertiary/aromatic N) is 1. The lowest BCUT2D eigenvalue weighted by atomic mass is 10.1. The molecule has 24 heavy (non-hydrogen) atoms. The van der Waals surface area contributed by atoms with Gasteiger partial charge in [0.2, 0.25) is 0 Å². The predicted molar refractivity (Wildman–Crippen MR) is 91.0 cm³/mol. The molecule has 7 nitrogen and oxygen atoms in total. The van der Waals surface area contributed by atoms with E-state index in [2.05, 4.69) is 4.72 Å². The summed E-state index contributed by atoms with van der Waals surface area (Å²) >= 11 is 0. The summed E-state index contributed by atoms with van der Waals surface area (Å²) in [5.41, 5.74) is 1.47. The molecule has 2 rings (SSSR count). The molecule has 2 aromatic rings. The van der Waals surface area contributed by atoms with Gasteiger partial charge in [0.25, 0.3) is 15.7 Å². The molecule has 8 heteroatoms. The minimum atomic E-state index is -4.12. The number of benzene rings is 2. The second-order valence-electron chi connectivity index (χ2n) is 5.16. The third-order valence-electron chi connectivity index (χ3n) is 3.63. The van der Waals surface area contributed by atoms with Crippen molar-refractivity contribution in [2.45, 2.75) is 25.2 Å². The summed E-state index contributed by atoms with van der Waals surface area (Å²) in [5.74, 6) is 0.214. The predicted octanol–water partition coefficient (Wildman–Crippen LogP) is 3.28. The lowest BCUT2D eigenvalue weighted by Gasteiger charge is -2.14. The van der Waals surface area contributed by atoms with Crippen LogP contribution in [0.4, 0.5) is 11.4 Å². The number of methoxy groups -OCH3 is 1. The van der Waals surface area contributed by atoms with Crippen molar-refractivity contribution in [2.75, 3.05) is 11.8 Å². The van der Waals surface area contributed by atoms with Crippen molar-refractivity contribution >= 4 is 21.4 Å². The van der Waals surface area contributed by atoms with E-state index in [-0.39, 0.29) is 5.75 Å². The van der Waals surface area contributed by atoms with E-state index in [1.807, 2.05) is 19.1 Å². The molecule has 0 saturated carbocycles. The third kappa shape index (κ3) is 3.48. The second kappa shape index (κ2) is 6.88. The maximum Gasteiger partial charge on any atom is 0.293 e. The lowest BCUT2D eigenvalue weighted by Crippen LogP contribution is -2.16. The van der Waals surface area contributed by atoms with Crippen LogP contribution in [0.15, 0.2) is 41.3 Å². The fourth-order valence-corrected chi connectivity index (χ4v) is 3.68. The topological polar surface area (TPSA) is 98.5 Å². The van der Waals surface area contributed by atoms with Crippen LogP contribution in [0.1, 0.15) is 18.1 Å². The quantitative estimate of drug-likeness (QED) is 0.637. The highest BCUT2D eigenvalue weighted by Gasteiger charge is 2.27. The van der Waals surface area contributed by atoms with Crippen molar-refractivity contribution in [3.8, 4) is 5.75 Å². The Kier molecular flexibility index (Phi) is 5.08. The highest BCUT2D eigenvalue weighted by molar-refractivity contribution is 7.92. The molecule has 0 amide bonds. The van der Waals surface area contributed by atoms with Gasteiger partial charge in [-0.2, -0.15) is 0 Å². The van der Waals surface area contributed by atoms with Gasteiger partial charge in [0.05, 0.1) is 23.8 Å². The Morgan fingerprint density at radius 3 is 2.54 bits per heavy atom. The van der Waals surface area contributed by atoms with Crippen LogP contribution in [0.25, 0.3) is 0 Å². The molecule has 0 bridgehead atoms. The SMILES string of the molecule is CCc1cccc(C)c1NS(=O)(=O)c1ccc(OC)cc1[N+](=O)[O-]. The normalized spacial score (nSPS) is 11.1. The summed E-state index contributed by atoms with van der Waals surface area (Å²) in [5, 5.41) is 11.2. The Bertz CT molecular complexity index is 878. The van der Waals surface area contributed by atoms with Crippen LogP contribution < -0.4 is 9.46 Å². The molecule has 0 radical (unpaired) electrons. The molecule has 128 valence electrons. The van der Waals surface area contributed by atoms with Crippen LogP contribution in [0.2, 0.25) is 0 Å². The Morgan fingerprint density at radius 1 is 1.25 bits per heavy atom. The number of hydrogen-bond acceptors (Lipinski definition) is 5. The van der Waals surface area contributed by atoms with Crippen LogP contribution >= 0.6 is 0 Å². The summed E-state index contributed by atoms with van der Waals surface area (Å²) in [6, 6.07) is 9.06. The number of nitrogens with one attached hydrogen (secondary N) is 1. The third-order valence-corrected chi connectivity index (χ3v) is 5.03. The van der Waals surface area contributed by atoms with Gasteiger partial charge in [-0.1, -0.05) is 25.1 Å². The summed E-state index contributed by atoms with van der Waals surface area (Å²) in [6.45, 7) is 3.68. The number of nitro benzene ring substituents is 1. The zero-order valence-electron chi connectivity index (χ0n) is 13.6. The van der Waals surface area contributed by atoms with E-state index in [1.54, 1.807) is 13.0 Å². The first-order chi connectivity index (χ1) is 11.3. The van der Waals surface area contributed by atoms with Crippen molar-refractivity contribution in [1.82, 2.24) is 0 Å². The van der Waals surface area contributed by atoms with Crippen LogP contribution in [0.5, 0.6) is 5.75 Å². The maximum atomic E-state index is 12.7. The van der Waals surface area contributed by atoms with E-state index < -0.39 is 25.5 Å². The Morgan fingerprint density at radius 2 is 1.96 bits per heavy atom. The fourth-order valence-electron chi connectivity index (χ4n) is 2.35. The van der Waals surface area contributed by atoms with Gasteiger partial charge in [-0.3, -0.25) is 14.8 Å². The zero-order valence-corrected chi connectivity index (χ0v) is 14.4. The van der Waals surface area contributed by atoms with Crippen LogP contribution in [0.3, 0.4) is 0 Å². The van der Waals surface area contributed by atoms with Crippen molar-refractivity contribution < 1.29 is 18.1 Å². The molecule has 0 aromatic heterocycles. The molecular formula is C16H18N2O5S. The largest absolute Gasteiger partial charge is 0.497 e. The number of para-hydroxylation sites is 1. The molecule has 1 N–H and O–H groups in total. The molecule has 2 aromatic carbocycles. The monoisotopic (exact) mass is 350 g/mol. The number of nitro groups is 1. The maximum absolute atomic E-state index is 12.7. The molecule has 0 aliphatic carbocycles. The average molecular weight is 350 g/mol. The first-order valence-electron chi connectivity index (χ1n) is 7.24. The van der Waals surface area contributed by atoms with E-state index in [9.17, 15) is 18.5 Å². The standard InChI is InChI=1S/C16H18N2O5S/c1-4-12-7-5-6-11(2)16(12)17-24(21,22)15-9-8-13(23-3)10-14(15)18(19)20/h5-10,17H,4H2,1-3H3. The molecule has 0 unspecified atom stereocenters. The van der Waals surface area contributed by atoms with E-state index in [0.717, 1.165) is 17.2 Å². The van der Waals surface area contributed by atoms with Gasteiger partial charge in [-0.15, -0.1) is 0 Å². The van der Waals surface area contributed by atoms with Gasteiger partial charge in [-0.25, -0.2) is 8.42 Å². The smallest absolute Gasteiger partial charge is 0.293 e. The first kappa shape index (κ1) is 17.7. The average Bonchev–Trinajstić information content (AvgIpc) is 2.55. The van der Waals surface area contributed by atoms with Gasteiger partial charge in [0, 0.05) is 0 Å². The first-order valence-corrected chi connectivity index (χ1v) is 8.72. The number of anilines is 1. The van der Waals surface area contributed by atoms with Gasteiger partial charge in [0.1, 0.15) is 5.75 Å². The van der Waals surface area contributed by atoms with E-state index in [4.69, 9.17) is 4.74 Å². The highest BCUT2D eigenvalue weighted by Crippen LogP contribution is 2.31. The van der Waals surface area contributed by atoms with Crippen molar-refractivity contribution in [1.29, 1.82) is 0 Å². The molecule has 0 fully saturated rings. The molecule has 0 spiro atoms. The Labute approximate surface area is 140 Å². The molecule has 0 saturated heterocycles.